The van der Waals surface area contributed by atoms with Gasteiger partial charge in [-0.3, -0.25) is 9.69 Å². The summed E-state index contributed by atoms with van der Waals surface area (Å²) in [6.07, 6.45) is 5.19. The molecule has 0 radical (unpaired) electrons. The first-order chi connectivity index (χ1) is 12.8. The van der Waals surface area contributed by atoms with E-state index in [-0.39, 0.29) is 5.91 Å². The summed E-state index contributed by atoms with van der Waals surface area (Å²) >= 11 is 0. The van der Waals surface area contributed by atoms with Crippen LogP contribution in [-0.4, -0.2) is 23.4 Å². The number of amides is 1. The number of rotatable bonds is 5. The molecule has 0 aromatic heterocycles. The Kier molecular flexibility index (Phi) is 4.05. The molecule has 26 heavy (non-hydrogen) atoms. The molecule has 0 saturated heterocycles. The number of nitrogens with one attached hydrogen (secondary N) is 1. The van der Waals surface area contributed by atoms with Gasteiger partial charge in [0.2, 0.25) is 5.91 Å². The maximum atomic E-state index is 12.8. The molecule has 1 heterocycles. The Morgan fingerprint density at radius 3 is 1.88 bits per heavy atom. The topological polar surface area (TPSA) is 32.3 Å². The van der Waals surface area contributed by atoms with Crippen LogP contribution in [0.1, 0.15) is 36.8 Å². The van der Waals surface area contributed by atoms with Gasteiger partial charge in [0.05, 0.1) is 6.54 Å². The quantitative estimate of drug-likeness (QED) is 0.888. The number of benzene rings is 2. The first-order valence-corrected chi connectivity index (χ1v) is 9.96. The minimum Gasteiger partial charge on any atom is -0.352 e. The highest BCUT2D eigenvalue weighted by atomic mass is 16.2. The first kappa shape index (κ1) is 16.1. The van der Waals surface area contributed by atoms with E-state index in [1.807, 2.05) is 0 Å². The van der Waals surface area contributed by atoms with E-state index in [4.69, 9.17) is 0 Å². The summed E-state index contributed by atoms with van der Waals surface area (Å²) < 4.78 is 0. The largest absolute Gasteiger partial charge is 0.352 e. The summed E-state index contributed by atoms with van der Waals surface area (Å²) in [5.74, 6) is 1.69. The lowest BCUT2D eigenvalue weighted by molar-refractivity contribution is -0.123. The van der Waals surface area contributed by atoms with Crippen molar-refractivity contribution in [1.29, 1.82) is 0 Å². The minimum atomic E-state index is 0.200. The lowest BCUT2D eigenvalue weighted by atomic mass is 9.97. The van der Waals surface area contributed by atoms with Crippen LogP contribution < -0.4 is 5.32 Å². The van der Waals surface area contributed by atoms with Crippen molar-refractivity contribution in [1.82, 2.24) is 10.2 Å². The fourth-order valence-corrected chi connectivity index (χ4v) is 4.46. The van der Waals surface area contributed by atoms with Gasteiger partial charge in [0, 0.05) is 19.1 Å². The molecule has 2 aromatic rings. The summed E-state index contributed by atoms with van der Waals surface area (Å²) in [7, 11) is 0. The average molecular weight is 346 g/mol. The van der Waals surface area contributed by atoms with Crippen LogP contribution in [0.25, 0.3) is 11.1 Å². The van der Waals surface area contributed by atoms with Crippen LogP contribution in [0.15, 0.2) is 48.5 Å². The summed E-state index contributed by atoms with van der Waals surface area (Å²) in [4.78, 5) is 15.1. The molecule has 3 aliphatic rings. The number of nitrogens with zero attached hydrogens (tertiary/aromatic N) is 1. The molecule has 0 atom stereocenters. The second-order valence-electron chi connectivity index (χ2n) is 8.23. The van der Waals surface area contributed by atoms with Crippen LogP contribution in [0.3, 0.4) is 0 Å². The van der Waals surface area contributed by atoms with Crippen molar-refractivity contribution >= 4 is 5.91 Å². The summed E-state index contributed by atoms with van der Waals surface area (Å²) in [6.45, 7) is 2.14. The molecule has 1 N–H and O–H groups in total. The van der Waals surface area contributed by atoms with Crippen LogP contribution in [-0.2, 0) is 17.9 Å². The molecule has 5 rings (SSSR count). The molecule has 0 bridgehead atoms. The van der Waals surface area contributed by atoms with Crippen LogP contribution in [0.5, 0.6) is 0 Å². The second-order valence-corrected chi connectivity index (χ2v) is 8.23. The van der Waals surface area contributed by atoms with Crippen LogP contribution in [0.4, 0.5) is 0 Å². The smallest absolute Gasteiger partial charge is 0.234 e. The first-order valence-electron chi connectivity index (χ1n) is 9.96. The summed E-state index contributed by atoms with van der Waals surface area (Å²) in [6, 6.07) is 17.6. The Bertz CT molecular complexity index is 763. The number of carbonyl (C=O) groups is 1. The average Bonchev–Trinajstić information content (AvgIpc) is 3.54. The molecule has 134 valence electrons. The Morgan fingerprint density at radius 2 is 1.38 bits per heavy atom. The molecule has 3 heteroatoms. The molecule has 2 fully saturated rings. The van der Waals surface area contributed by atoms with Crippen molar-refractivity contribution in [3.63, 3.8) is 0 Å². The molecular weight excluding hydrogens is 320 g/mol. The third-order valence-electron chi connectivity index (χ3n) is 6.07. The van der Waals surface area contributed by atoms with Crippen molar-refractivity contribution in [2.45, 2.75) is 44.8 Å². The van der Waals surface area contributed by atoms with E-state index in [0.717, 1.165) is 24.9 Å². The van der Waals surface area contributed by atoms with Gasteiger partial charge in [-0.15, -0.1) is 0 Å². The zero-order valence-electron chi connectivity index (χ0n) is 15.2. The number of fused-ring (bicyclic) bond motifs is 3. The van der Waals surface area contributed by atoms with Crippen molar-refractivity contribution in [3.8, 4) is 11.1 Å². The van der Waals surface area contributed by atoms with Gasteiger partial charge in [-0.2, -0.15) is 0 Å². The van der Waals surface area contributed by atoms with Gasteiger partial charge in [-0.05, 0) is 59.8 Å². The maximum absolute atomic E-state index is 12.8. The van der Waals surface area contributed by atoms with Crippen LogP contribution >= 0.6 is 0 Å². The highest BCUT2D eigenvalue weighted by Crippen LogP contribution is 2.44. The lowest BCUT2D eigenvalue weighted by Gasteiger charge is -2.23. The number of carbonyl (C=O) groups excluding carboxylic acids is 1. The van der Waals surface area contributed by atoms with E-state index in [0.29, 0.717) is 12.6 Å². The second kappa shape index (κ2) is 6.55. The Hall–Kier alpha value is -2.13. The Balaban J connectivity index is 1.34. The highest BCUT2D eigenvalue weighted by molar-refractivity contribution is 5.79. The van der Waals surface area contributed by atoms with E-state index < -0.39 is 0 Å². The van der Waals surface area contributed by atoms with Crippen LogP contribution in [0, 0.1) is 11.8 Å². The number of hydrogen-bond donors (Lipinski definition) is 1. The van der Waals surface area contributed by atoms with Crippen molar-refractivity contribution in [3.05, 3.63) is 59.7 Å². The van der Waals surface area contributed by atoms with Gasteiger partial charge in [-0.1, -0.05) is 48.5 Å². The predicted molar refractivity (Wildman–Crippen MR) is 103 cm³/mol. The molecule has 3 nitrogen and oxygen atoms in total. The maximum Gasteiger partial charge on any atom is 0.234 e. The van der Waals surface area contributed by atoms with Gasteiger partial charge in [0.15, 0.2) is 0 Å². The zero-order valence-corrected chi connectivity index (χ0v) is 15.2. The minimum absolute atomic E-state index is 0.200. The third-order valence-corrected chi connectivity index (χ3v) is 6.07. The van der Waals surface area contributed by atoms with Crippen molar-refractivity contribution in [2.75, 3.05) is 6.54 Å². The Labute approximate surface area is 155 Å². The molecule has 0 unspecified atom stereocenters. The number of hydrogen-bond acceptors (Lipinski definition) is 2. The van der Waals surface area contributed by atoms with Gasteiger partial charge < -0.3 is 5.32 Å². The monoisotopic (exact) mass is 346 g/mol. The van der Waals surface area contributed by atoms with Gasteiger partial charge >= 0.3 is 0 Å². The molecule has 0 spiro atoms. The van der Waals surface area contributed by atoms with Gasteiger partial charge in [0.25, 0.3) is 0 Å². The van der Waals surface area contributed by atoms with Gasteiger partial charge in [-0.25, -0.2) is 0 Å². The van der Waals surface area contributed by atoms with E-state index in [1.165, 1.54) is 47.9 Å². The van der Waals surface area contributed by atoms with Crippen molar-refractivity contribution < 1.29 is 4.79 Å². The van der Waals surface area contributed by atoms with Crippen molar-refractivity contribution in [2.24, 2.45) is 11.8 Å². The van der Waals surface area contributed by atoms with E-state index in [9.17, 15) is 4.79 Å². The standard InChI is InChI=1S/C23H26N2O/c26-22(24-23(16-9-10-16)17-11-12-17)15-25-13-18-5-1-3-7-20(18)21-8-4-2-6-19(21)14-25/h1-8,16-17,23H,9-15H2,(H,24,26). The molecule has 2 aromatic carbocycles. The molecule has 1 amide bonds. The van der Waals surface area contributed by atoms with Gasteiger partial charge in [0.1, 0.15) is 0 Å². The summed E-state index contributed by atoms with van der Waals surface area (Å²) in [5.41, 5.74) is 5.23. The highest BCUT2D eigenvalue weighted by Gasteiger charge is 2.42. The van der Waals surface area contributed by atoms with Crippen LogP contribution in [0.2, 0.25) is 0 Å². The molecule has 2 aliphatic carbocycles. The third kappa shape index (κ3) is 3.28. The molecule has 1 aliphatic heterocycles. The lowest BCUT2D eigenvalue weighted by Crippen LogP contribution is -2.43. The van der Waals surface area contributed by atoms with E-state index >= 15 is 0 Å². The normalized spacial score (nSPS) is 19.6. The predicted octanol–water partition coefficient (Wildman–Crippen LogP) is 3.97. The fourth-order valence-electron chi connectivity index (χ4n) is 4.46. The SMILES string of the molecule is O=C(CN1Cc2ccccc2-c2ccccc2C1)NC(C1CC1)C1CC1. The van der Waals surface area contributed by atoms with E-state index in [2.05, 4.69) is 58.7 Å². The molecule has 2 saturated carbocycles. The zero-order chi connectivity index (χ0) is 17.5. The summed E-state index contributed by atoms with van der Waals surface area (Å²) in [5, 5.41) is 3.38. The Morgan fingerprint density at radius 1 is 0.885 bits per heavy atom. The molecular formula is C23H26N2O. The fraction of sp³-hybridized carbons (Fsp3) is 0.435. The van der Waals surface area contributed by atoms with E-state index in [1.54, 1.807) is 0 Å².